The highest BCUT2D eigenvalue weighted by Gasteiger charge is 2.43. The smallest absolute Gasteiger partial charge is 0.309 e. The molecule has 0 aliphatic heterocycles. The number of alkyl halides is 2. The summed E-state index contributed by atoms with van der Waals surface area (Å²) in [5.74, 6) is -4.33. The molecule has 0 fully saturated rings. The summed E-state index contributed by atoms with van der Waals surface area (Å²) in [4.78, 5) is 10.7. The van der Waals surface area contributed by atoms with E-state index in [2.05, 4.69) is 15.9 Å². The lowest BCUT2D eigenvalue weighted by Gasteiger charge is -2.24. The third kappa shape index (κ3) is 3.01. The fraction of sp³-hybridized carbons (Fsp3) is 0.500. The van der Waals surface area contributed by atoms with E-state index in [1.54, 1.807) is 0 Å². The van der Waals surface area contributed by atoms with Gasteiger partial charge in [0.1, 0.15) is 0 Å². The van der Waals surface area contributed by atoms with E-state index in [4.69, 9.17) is 5.11 Å². The quantitative estimate of drug-likeness (QED) is 0.908. The van der Waals surface area contributed by atoms with E-state index in [1.807, 2.05) is 0 Å². The first-order valence-corrected chi connectivity index (χ1v) is 6.13. The van der Waals surface area contributed by atoms with Crippen LogP contribution in [0, 0.1) is 5.41 Å². The first-order valence-electron chi connectivity index (χ1n) is 4.52. The average Bonchev–Trinajstić information content (AvgIpc) is 2.50. The zero-order valence-corrected chi connectivity index (χ0v) is 11.2. The summed E-state index contributed by atoms with van der Waals surface area (Å²) in [5, 5.41) is 8.82. The van der Waals surface area contributed by atoms with E-state index in [0.717, 1.165) is 11.3 Å². The van der Waals surface area contributed by atoms with Gasteiger partial charge in [-0.2, -0.15) is 0 Å². The third-order valence-electron chi connectivity index (χ3n) is 2.18. The molecule has 0 amide bonds. The molecule has 2 nitrogen and oxygen atoms in total. The van der Waals surface area contributed by atoms with Crippen LogP contribution in [0.3, 0.4) is 0 Å². The zero-order chi connectivity index (χ0) is 12.6. The first-order chi connectivity index (χ1) is 7.15. The molecule has 1 aromatic heterocycles. The summed E-state index contributed by atoms with van der Waals surface area (Å²) in [6.45, 7) is 2.60. The number of hydrogen-bond donors (Lipinski definition) is 1. The number of hydrogen-bond acceptors (Lipinski definition) is 2. The van der Waals surface area contributed by atoms with Gasteiger partial charge in [-0.25, -0.2) is 8.78 Å². The summed E-state index contributed by atoms with van der Waals surface area (Å²) in [7, 11) is 0. The minimum atomic E-state index is -3.11. The lowest BCUT2D eigenvalue weighted by atomic mass is 9.86. The zero-order valence-electron chi connectivity index (χ0n) is 8.76. The van der Waals surface area contributed by atoms with E-state index in [0.29, 0.717) is 3.79 Å². The van der Waals surface area contributed by atoms with Gasteiger partial charge >= 0.3 is 5.97 Å². The molecule has 0 spiro atoms. The molecule has 0 saturated carbocycles. The molecule has 0 aliphatic rings. The Hall–Kier alpha value is -0.490. The molecular weight excluding hydrogens is 302 g/mol. The second kappa shape index (κ2) is 4.41. The predicted octanol–water partition coefficient (Wildman–Crippen LogP) is 4.10. The molecule has 1 N–H and O–H groups in total. The molecule has 1 aromatic rings. The van der Waals surface area contributed by atoms with Crippen molar-refractivity contribution in [2.24, 2.45) is 5.41 Å². The van der Waals surface area contributed by atoms with Crippen molar-refractivity contribution in [2.45, 2.75) is 26.2 Å². The number of carboxylic acid groups (broad SMARTS) is 1. The Balaban J connectivity index is 2.91. The molecule has 0 unspecified atom stereocenters. The number of carbonyl (C=O) groups is 1. The lowest BCUT2D eigenvalue weighted by Crippen LogP contribution is -2.30. The molecule has 0 radical (unpaired) electrons. The van der Waals surface area contributed by atoms with Crippen LogP contribution in [-0.4, -0.2) is 11.1 Å². The molecule has 0 atom stereocenters. The first kappa shape index (κ1) is 13.6. The summed E-state index contributed by atoms with van der Waals surface area (Å²) in [6, 6.07) is 2.84. The molecule has 1 heterocycles. The molecule has 0 aliphatic carbocycles. The van der Waals surface area contributed by atoms with Gasteiger partial charge in [-0.3, -0.25) is 4.79 Å². The van der Waals surface area contributed by atoms with Crippen molar-refractivity contribution in [3.8, 4) is 0 Å². The van der Waals surface area contributed by atoms with Gasteiger partial charge in [0.25, 0.3) is 5.92 Å². The van der Waals surface area contributed by atoms with Crippen molar-refractivity contribution in [2.75, 3.05) is 0 Å². The van der Waals surface area contributed by atoms with Gasteiger partial charge in [0.2, 0.25) is 0 Å². The van der Waals surface area contributed by atoms with E-state index < -0.39 is 23.7 Å². The van der Waals surface area contributed by atoms with E-state index in [9.17, 15) is 13.6 Å². The summed E-state index contributed by atoms with van der Waals surface area (Å²) in [6.07, 6.45) is -0.706. The van der Waals surface area contributed by atoms with Crippen molar-refractivity contribution in [3.05, 3.63) is 20.8 Å². The van der Waals surface area contributed by atoms with Crippen molar-refractivity contribution < 1.29 is 18.7 Å². The second-order valence-corrected chi connectivity index (χ2v) is 6.64. The van der Waals surface area contributed by atoms with E-state index in [-0.39, 0.29) is 4.88 Å². The SMILES string of the molecule is CC(C)(CC(F)(F)c1ccc(Br)s1)C(=O)O. The highest BCUT2D eigenvalue weighted by molar-refractivity contribution is 9.11. The molecule has 0 aromatic carbocycles. The molecule has 90 valence electrons. The standard InChI is InChI=1S/C10H11BrF2O2S/c1-9(2,8(14)15)5-10(12,13)6-3-4-7(11)16-6/h3-4H,5H2,1-2H3,(H,14,15). The maximum atomic E-state index is 13.8. The summed E-state index contributed by atoms with van der Waals surface area (Å²) in [5.41, 5.74) is -1.44. The summed E-state index contributed by atoms with van der Waals surface area (Å²) >= 11 is 4.02. The van der Waals surface area contributed by atoms with Gasteiger partial charge in [0, 0.05) is 6.42 Å². The van der Waals surface area contributed by atoms with E-state index >= 15 is 0 Å². The Kier molecular flexibility index (Phi) is 3.74. The van der Waals surface area contributed by atoms with Gasteiger partial charge in [-0.05, 0) is 41.9 Å². The van der Waals surface area contributed by atoms with Gasteiger partial charge in [-0.15, -0.1) is 11.3 Å². The highest BCUT2D eigenvalue weighted by Crippen LogP contribution is 2.43. The number of aliphatic carboxylic acids is 1. The van der Waals surface area contributed by atoms with Crippen LogP contribution in [0.15, 0.2) is 15.9 Å². The van der Waals surface area contributed by atoms with Crippen LogP contribution in [0.2, 0.25) is 0 Å². The Morgan fingerprint density at radius 3 is 2.44 bits per heavy atom. The molecular formula is C10H11BrF2O2S. The van der Waals surface area contributed by atoms with Gasteiger partial charge in [0.05, 0.1) is 14.1 Å². The topological polar surface area (TPSA) is 37.3 Å². The van der Waals surface area contributed by atoms with Crippen LogP contribution in [0.1, 0.15) is 25.1 Å². The van der Waals surface area contributed by atoms with Crippen molar-refractivity contribution in [3.63, 3.8) is 0 Å². The molecule has 6 heteroatoms. The van der Waals surface area contributed by atoms with Crippen molar-refractivity contribution in [1.82, 2.24) is 0 Å². The third-order valence-corrected chi connectivity index (χ3v) is 3.91. The Bertz CT molecular complexity index is 401. The number of thiophene rings is 1. The predicted molar refractivity (Wildman–Crippen MR) is 61.9 cm³/mol. The van der Waals surface area contributed by atoms with Gasteiger partial charge < -0.3 is 5.11 Å². The number of rotatable bonds is 4. The van der Waals surface area contributed by atoms with Crippen LogP contribution in [0.25, 0.3) is 0 Å². The summed E-state index contributed by atoms with van der Waals surface area (Å²) < 4.78 is 28.1. The number of halogens is 3. The lowest BCUT2D eigenvalue weighted by molar-refractivity contribution is -0.153. The molecule has 1 rings (SSSR count). The molecule has 16 heavy (non-hydrogen) atoms. The van der Waals surface area contributed by atoms with Crippen LogP contribution >= 0.6 is 27.3 Å². The Morgan fingerprint density at radius 1 is 1.50 bits per heavy atom. The van der Waals surface area contributed by atoms with Crippen LogP contribution in [0.4, 0.5) is 8.78 Å². The highest BCUT2D eigenvalue weighted by atomic mass is 79.9. The maximum Gasteiger partial charge on any atom is 0.309 e. The van der Waals surface area contributed by atoms with E-state index in [1.165, 1.54) is 26.0 Å². The van der Waals surface area contributed by atoms with Crippen molar-refractivity contribution >= 4 is 33.2 Å². The Labute approximate surface area is 104 Å². The normalized spacial score (nSPS) is 12.8. The van der Waals surface area contributed by atoms with Crippen LogP contribution in [-0.2, 0) is 10.7 Å². The maximum absolute atomic E-state index is 13.8. The molecule has 0 saturated heterocycles. The Morgan fingerprint density at radius 2 is 2.06 bits per heavy atom. The monoisotopic (exact) mass is 312 g/mol. The minimum Gasteiger partial charge on any atom is -0.481 e. The van der Waals surface area contributed by atoms with Crippen molar-refractivity contribution in [1.29, 1.82) is 0 Å². The van der Waals surface area contributed by atoms with Crippen LogP contribution in [0.5, 0.6) is 0 Å². The largest absolute Gasteiger partial charge is 0.481 e. The fourth-order valence-corrected chi connectivity index (χ4v) is 2.59. The number of carboxylic acids is 1. The average molecular weight is 313 g/mol. The fourth-order valence-electron chi connectivity index (χ4n) is 1.23. The minimum absolute atomic E-state index is 0.117. The molecule has 0 bridgehead atoms. The van der Waals surface area contributed by atoms with Gasteiger partial charge in [0.15, 0.2) is 0 Å². The van der Waals surface area contributed by atoms with Gasteiger partial charge in [-0.1, -0.05) is 0 Å². The van der Waals surface area contributed by atoms with Crippen LogP contribution < -0.4 is 0 Å². The second-order valence-electron chi connectivity index (χ2n) is 4.17.